The first-order valence-electron chi connectivity index (χ1n) is 5.26. The van der Waals surface area contributed by atoms with Crippen LogP contribution in [0.3, 0.4) is 0 Å². The molecule has 13 heavy (non-hydrogen) atoms. The van der Waals surface area contributed by atoms with E-state index in [-0.39, 0.29) is 0 Å². The number of hydrogen-bond donors (Lipinski definition) is 1. The molecule has 0 saturated heterocycles. The summed E-state index contributed by atoms with van der Waals surface area (Å²) in [5, 5.41) is 0. The van der Waals surface area contributed by atoms with Crippen LogP contribution in [0.25, 0.3) is 0 Å². The van der Waals surface area contributed by atoms with Gasteiger partial charge in [-0.05, 0) is 60.8 Å². The lowest BCUT2D eigenvalue weighted by atomic mass is 9.84. The second-order valence-corrected chi connectivity index (χ2v) is 4.33. The van der Waals surface area contributed by atoms with Gasteiger partial charge < -0.3 is 5.73 Å². The summed E-state index contributed by atoms with van der Waals surface area (Å²) in [7, 11) is 0. The number of aryl methyl sites for hydroxylation is 1. The Balaban J connectivity index is 2.25. The van der Waals surface area contributed by atoms with Gasteiger partial charge in [0.1, 0.15) is 0 Å². The zero-order valence-electron chi connectivity index (χ0n) is 7.84. The van der Waals surface area contributed by atoms with Crippen molar-refractivity contribution in [3.05, 3.63) is 28.8 Å². The zero-order valence-corrected chi connectivity index (χ0v) is 7.84. The summed E-state index contributed by atoms with van der Waals surface area (Å²) < 4.78 is 0. The summed E-state index contributed by atoms with van der Waals surface area (Å²) >= 11 is 0. The molecule has 2 aliphatic rings. The Kier molecular flexibility index (Phi) is 1.43. The molecular weight excluding hydrogens is 158 g/mol. The van der Waals surface area contributed by atoms with Crippen molar-refractivity contribution in [2.45, 2.75) is 38.0 Å². The molecule has 3 rings (SSSR count). The minimum atomic E-state index is 0.849. The molecule has 0 heterocycles. The fourth-order valence-electron chi connectivity index (χ4n) is 3.03. The quantitative estimate of drug-likeness (QED) is 0.600. The minimum Gasteiger partial charge on any atom is -0.398 e. The average Bonchev–Trinajstić information content (AvgIpc) is 2.57. The van der Waals surface area contributed by atoms with Crippen LogP contribution in [0.2, 0.25) is 0 Å². The molecule has 1 heteroatoms. The molecule has 0 bridgehead atoms. The van der Waals surface area contributed by atoms with Crippen LogP contribution in [0.15, 0.2) is 12.1 Å². The van der Waals surface area contributed by atoms with Gasteiger partial charge in [-0.25, -0.2) is 0 Å². The van der Waals surface area contributed by atoms with E-state index in [1.54, 1.807) is 11.1 Å². The van der Waals surface area contributed by atoms with Crippen LogP contribution in [0.1, 0.15) is 41.9 Å². The summed E-state index contributed by atoms with van der Waals surface area (Å²) in [6.45, 7) is 0. The molecular formula is C12H15N. The van der Waals surface area contributed by atoms with Crippen molar-refractivity contribution in [3.63, 3.8) is 0 Å². The molecule has 0 aromatic heterocycles. The lowest BCUT2D eigenvalue weighted by molar-refractivity contribution is 0.555. The number of nitrogens with two attached hydrogens (primary N) is 1. The molecule has 1 aromatic rings. The fourth-order valence-corrected chi connectivity index (χ4v) is 3.03. The van der Waals surface area contributed by atoms with Gasteiger partial charge in [-0.15, -0.1) is 0 Å². The normalized spacial score (nSPS) is 24.5. The van der Waals surface area contributed by atoms with Crippen molar-refractivity contribution in [1.82, 2.24) is 0 Å². The highest BCUT2D eigenvalue weighted by molar-refractivity contribution is 5.58. The van der Waals surface area contributed by atoms with Crippen LogP contribution >= 0.6 is 0 Å². The predicted octanol–water partition coefficient (Wildman–Crippen LogP) is 2.63. The molecule has 0 amide bonds. The smallest absolute Gasteiger partial charge is 0.0349 e. The van der Waals surface area contributed by atoms with Crippen molar-refractivity contribution in [2.24, 2.45) is 0 Å². The summed E-state index contributed by atoms with van der Waals surface area (Å²) in [6, 6.07) is 4.34. The Morgan fingerprint density at radius 1 is 1.15 bits per heavy atom. The molecule has 0 radical (unpaired) electrons. The number of benzene rings is 1. The van der Waals surface area contributed by atoms with Crippen molar-refractivity contribution in [3.8, 4) is 0 Å². The predicted molar refractivity (Wildman–Crippen MR) is 54.9 cm³/mol. The van der Waals surface area contributed by atoms with Gasteiger partial charge in [-0.2, -0.15) is 0 Å². The van der Waals surface area contributed by atoms with E-state index < -0.39 is 0 Å². The van der Waals surface area contributed by atoms with Crippen LogP contribution in [-0.4, -0.2) is 0 Å². The highest BCUT2D eigenvalue weighted by Crippen LogP contribution is 2.44. The Hall–Kier alpha value is -0.980. The Morgan fingerprint density at radius 2 is 2.08 bits per heavy atom. The third-order valence-corrected chi connectivity index (χ3v) is 3.63. The van der Waals surface area contributed by atoms with Crippen LogP contribution in [0.5, 0.6) is 0 Å². The third kappa shape index (κ3) is 0.932. The molecule has 0 aliphatic heterocycles. The third-order valence-electron chi connectivity index (χ3n) is 3.63. The number of rotatable bonds is 0. The van der Waals surface area contributed by atoms with Gasteiger partial charge in [0.25, 0.3) is 0 Å². The van der Waals surface area contributed by atoms with Gasteiger partial charge in [0, 0.05) is 5.69 Å². The van der Waals surface area contributed by atoms with Crippen molar-refractivity contribution < 1.29 is 0 Å². The van der Waals surface area contributed by atoms with Crippen molar-refractivity contribution in [2.75, 3.05) is 5.73 Å². The first-order valence-corrected chi connectivity index (χ1v) is 5.26. The molecule has 1 atom stereocenters. The molecule has 0 spiro atoms. The van der Waals surface area contributed by atoms with Crippen LogP contribution in [-0.2, 0) is 12.8 Å². The largest absolute Gasteiger partial charge is 0.398 e. The van der Waals surface area contributed by atoms with E-state index in [1.807, 2.05) is 0 Å². The SMILES string of the molecule is Nc1ccc2c3c1CCC3CCC2. The molecule has 1 unspecified atom stereocenters. The van der Waals surface area contributed by atoms with E-state index in [0.29, 0.717) is 0 Å². The summed E-state index contributed by atoms with van der Waals surface area (Å²) in [5.41, 5.74) is 11.7. The molecule has 2 N–H and O–H groups in total. The maximum atomic E-state index is 5.98. The van der Waals surface area contributed by atoms with Gasteiger partial charge >= 0.3 is 0 Å². The monoisotopic (exact) mass is 173 g/mol. The van der Waals surface area contributed by atoms with Crippen molar-refractivity contribution >= 4 is 5.69 Å². The Bertz CT molecular complexity index is 354. The first kappa shape index (κ1) is 7.43. The van der Waals surface area contributed by atoms with Crippen LogP contribution < -0.4 is 5.73 Å². The molecule has 0 saturated carbocycles. The van der Waals surface area contributed by atoms with Gasteiger partial charge in [0.2, 0.25) is 0 Å². The Morgan fingerprint density at radius 3 is 3.00 bits per heavy atom. The number of nitrogen functional groups attached to an aromatic ring is 1. The topological polar surface area (TPSA) is 26.0 Å². The lowest BCUT2D eigenvalue weighted by Crippen LogP contribution is -2.07. The molecule has 1 aromatic carbocycles. The molecule has 0 fully saturated rings. The van der Waals surface area contributed by atoms with Gasteiger partial charge in [0.05, 0.1) is 0 Å². The summed E-state index contributed by atoms with van der Waals surface area (Å²) in [4.78, 5) is 0. The summed E-state index contributed by atoms with van der Waals surface area (Å²) in [6.07, 6.45) is 6.61. The molecule has 1 nitrogen and oxygen atoms in total. The van der Waals surface area contributed by atoms with E-state index in [9.17, 15) is 0 Å². The van der Waals surface area contributed by atoms with Crippen LogP contribution in [0, 0.1) is 0 Å². The second kappa shape index (κ2) is 2.50. The first-order chi connectivity index (χ1) is 6.36. The van der Waals surface area contributed by atoms with Gasteiger partial charge in [-0.3, -0.25) is 0 Å². The zero-order chi connectivity index (χ0) is 8.84. The fraction of sp³-hybridized carbons (Fsp3) is 0.500. The van der Waals surface area contributed by atoms with E-state index in [0.717, 1.165) is 11.6 Å². The Labute approximate surface area is 78.9 Å². The lowest BCUT2D eigenvalue weighted by Gasteiger charge is -2.22. The maximum Gasteiger partial charge on any atom is 0.0349 e. The maximum absolute atomic E-state index is 5.98. The van der Waals surface area contributed by atoms with Gasteiger partial charge in [0.15, 0.2) is 0 Å². The number of anilines is 1. The second-order valence-electron chi connectivity index (χ2n) is 4.33. The molecule has 68 valence electrons. The van der Waals surface area contributed by atoms with Gasteiger partial charge in [-0.1, -0.05) is 6.07 Å². The highest BCUT2D eigenvalue weighted by atomic mass is 14.6. The van der Waals surface area contributed by atoms with E-state index >= 15 is 0 Å². The minimum absolute atomic E-state index is 0.849. The van der Waals surface area contributed by atoms with E-state index in [1.165, 1.54) is 37.7 Å². The standard InChI is InChI=1S/C12H15N/c13-11-7-5-9-3-1-2-8-4-6-10(11)12(8)9/h5,7-8H,1-4,6,13H2. The number of hydrogen-bond acceptors (Lipinski definition) is 1. The highest BCUT2D eigenvalue weighted by Gasteiger charge is 2.29. The average molecular weight is 173 g/mol. The van der Waals surface area contributed by atoms with E-state index in [2.05, 4.69) is 12.1 Å². The van der Waals surface area contributed by atoms with E-state index in [4.69, 9.17) is 5.73 Å². The summed E-state index contributed by atoms with van der Waals surface area (Å²) in [5.74, 6) is 0.849. The van der Waals surface area contributed by atoms with Crippen LogP contribution in [0.4, 0.5) is 5.69 Å². The molecule has 2 aliphatic carbocycles. The van der Waals surface area contributed by atoms with Crippen molar-refractivity contribution in [1.29, 1.82) is 0 Å².